The Balaban J connectivity index is 1.91. The van der Waals surface area contributed by atoms with Gasteiger partial charge in [-0.15, -0.1) is 0 Å². The van der Waals surface area contributed by atoms with Crippen LogP contribution in [0.2, 0.25) is 0 Å². The lowest BCUT2D eigenvalue weighted by molar-refractivity contribution is 0.0516. The van der Waals surface area contributed by atoms with Crippen molar-refractivity contribution in [3.05, 3.63) is 96.1 Å². The molecule has 5 nitrogen and oxygen atoms in total. The Labute approximate surface area is 133 Å². The van der Waals surface area contributed by atoms with Gasteiger partial charge in [0.15, 0.2) is 0 Å². The quantitative estimate of drug-likeness (QED) is 0.422. The molecular formula is C18H13N3O2. The van der Waals surface area contributed by atoms with Gasteiger partial charge in [0.25, 0.3) is 0 Å². The van der Waals surface area contributed by atoms with Gasteiger partial charge in [0.2, 0.25) is 0 Å². The number of hydrogen-bond donors (Lipinski definition) is 0. The van der Waals surface area contributed by atoms with Crippen molar-refractivity contribution in [3.63, 3.8) is 0 Å². The lowest BCUT2D eigenvalue weighted by Crippen LogP contribution is -2.08. The van der Waals surface area contributed by atoms with Gasteiger partial charge in [0.1, 0.15) is 5.71 Å². The summed E-state index contributed by atoms with van der Waals surface area (Å²) in [7, 11) is 0. The first-order valence-electron chi connectivity index (χ1n) is 7.00. The Morgan fingerprint density at radius 2 is 1.48 bits per heavy atom. The number of carbonyl (C=O) groups excluding carboxylic acids is 1. The molecule has 0 unspecified atom stereocenters. The van der Waals surface area contributed by atoms with E-state index in [1.54, 1.807) is 30.7 Å². The largest absolute Gasteiger partial charge is 0.367 e. The van der Waals surface area contributed by atoms with Crippen LogP contribution in [0.3, 0.4) is 0 Å². The predicted molar refractivity (Wildman–Crippen MR) is 86.0 cm³/mol. The van der Waals surface area contributed by atoms with Crippen molar-refractivity contribution in [2.75, 3.05) is 0 Å². The second kappa shape index (κ2) is 7.09. The first-order valence-corrected chi connectivity index (χ1v) is 7.00. The fourth-order valence-electron chi connectivity index (χ4n) is 2.00. The second-order valence-electron chi connectivity index (χ2n) is 4.66. The van der Waals surface area contributed by atoms with Gasteiger partial charge >= 0.3 is 5.97 Å². The van der Waals surface area contributed by atoms with Gasteiger partial charge in [-0.25, -0.2) is 4.79 Å². The van der Waals surface area contributed by atoms with E-state index in [0.717, 1.165) is 11.1 Å². The molecule has 0 aliphatic carbocycles. The van der Waals surface area contributed by atoms with E-state index in [-0.39, 0.29) is 0 Å². The summed E-state index contributed by atoms with van der Waals surface area (Å²) in [5.74, 6) is -0.555. The highest BCUT2D eigenvalue weighted by atomic mass is 16.7. The fourth-order valence-corrected chi connectivity index (χ4v) is 2.00. The van der Waals surface area contributed by atoms with E-state index in [0.29, 0.717) is 11.3 Å². The number of oxime groups is 1. The lowest BCUT2D eigenvalue weighted by atomic mass is 10.0. The van der Waals surface area contributed by atoms with Crippen LogP contribution in [0.5, 0.6) is 0 Å². The molecule has 23 heavy (non-hydrogen) atoms. The minimum Gasteiger partial charge on any atom is -0.312 e. The van der Waals surface area contributed by atoms with Crippen LogP contribution in [-0.2, 0) is 4.84 Å². The molecular weight excluding hydrogens is 290 g/mol. The number of nitrogens with zero attached hydrogens (tertiary/aromatic N) is 3. The molecule has 0 aliphatic rings. The first-order chi connectivity index (χ1) is 11.3. The number of pyridine rings is 2. The van der Waals surface area contributed by atoms with E-state index >= 15 is 0 Å². The van der Waals surface area contributed by atoms with Gasteiger partial charge in [-0.2, -0.15) is 0 Å². The number of rotatable bonds is 4. The zero-order valence-electron chi connectivity index (χ0n) is 12.2. The second-order valence-corrected chi connectivity index (χ2v) is 4.66. The maximum absolute atomic E-state index is 12.0. The summed E-state index contributed by atoms with van der Waals surface area (Å²) in [6, 6.07) is 16.4. The third-order valence-electron chi connectivity index (χ3n) is 3.12. The monoisotopic (exact) mass is 303 g/mol. The summed E-state index contributed by atoms with van der Waals surface area (Å²) in [5.41, 5.74) is 2.56. The fraction of sp³-hybridized carbons (Fsp3) is 0. The van der Waals surface area contributed by atoms with Gasteiger partial charge in [0.05, 0.1) is 5.56 Å². The van der Waals surface area contributed by atoms with Crippen LogP contribution in [0, 0.1) is 0 Å². The molecule has 2 aromatic heterocycles. The highest BCUT2D eigenvalue weighted by Gasteiger charge is 2.11. The number of benzene rings is 1. The average Bonchev–Trinajstić information content (AvgIpc) is 2.64. The topological polar surface area (TPSA) is 64.4 Å². The molecule has 0 N–H and O–H groups in total. The maximum Gasteiger partial charge on any atom is 0.367 e. The van der Waals surface area contributed by atoms with E-state index in [9.17, 15) is 4.79 Å². The Morgan fingerprint density at radius 1 is 0.783 bits per heavy atom. The van der Waals surface area contributed by atoms with E-state index in [2.05, 4.69) is 15.1 Å². The van der Waals surface area contributed by atoms with Crippen LogP contribution in [0.4, 0.5) is 0 Å². The SMILES string of the molecule is O=C(ON=C(c1ccccc1)c1ccncc1)c1cccnc1. The Kier molecular flexibility index (Phi) is 4.49. The highest BCUT2D eigenvalue weighted by molar-refractivity contribution is 6.12. The summed E-state index contributed by atoms with van der Waals surface area (Å²) in [4.78, 5) is 25.0. The normalized spacial score (nSPS) is 11.0. The zero-order valence-corrected chi connectivity index (χ0v) is 12.2. The molecule has 5 heteroatoms. The third kappa shape index (κ3) is 3.65. The molecule has 112 valence electrons. The molecule has 0 radical (unpaired) electrons. The van der Waals surface area contributed by atoms with Crippen LogP contribution >= 0.6 is 0 Å². The van der Waals surface area contributed by atoms with Crippen molar-refractivity contribution in [2.24, 2.45) is 5.16 Å². The number of aromatic nitrogens is 2. The van der Waals surface area contributed by atoms with Crippen molar-refractivity contribution in [3.8, 4) is 0 Å². The Morgan fingerprint density at radius 3 is 2.17 bits per heavy atom. The van der Waals surface area contributed by atoms with E-state index in [4.69, 9.17) is 4.84 Å². The molecule has 0 aliphatic heterocycles. The van der Waals surface area contributed by atoms with Crippen molar-refractivity contribution < 1.29 is 9.63 Å². The van der Waals surface area contributed by atoms with Crippen LogP contribution in [0.25, 0.3) is 0 Å². The van der Waals surface area contributed by atoms with Crippen LogP contribution in [0.1, 0.15) is 21.5 Å². The van der Waals surface area contributed by atoms with E-state index < -0.39 is 5.97 Å². The molecule has 0 fully saturated rings. The molecule has 0 bridgehead atoms. The molecule has 0 atom stereocenters. The molecule has 2 heterocycles. The first kappa shape index (κ1) is 14.6. The lowest BCUT2D eigenvalue weighted by Gasteiger charge is -2.06. The summed E-state index contributed by atoms with van der Waals surface area (Å²) >= 11 is 0. The van der Waals surface area contributed by atoms with Crippen LogP contribution < -0.4 is 0 Å². The van der Waals surface area contributed by atoms with Crippen molar-refractivity contribution in [1.29, 1.82) is 0 Å². The predicted octanol–water partition coefficient (Wildman–Crippen LogP) is 3.09. The van der Waals surface area contributed by atoms with Crippen LogP contribution in [-0.4, -0.2) is 21.6 Å². The van der Waals surface area contributed by atoms with E-state index in [1.807, 2.05) is 42.5 Å². The van der Waals surface area contributed by atoms with Gasteiger partial charge in [-0.3, -0.25) is 9.97 Å². The Hall–Kier alpha value is -3.34. The van der Waals surface area contributed by atoms with Crippen LogP contribution in [0.15, 0.2) is 84.5 Å². The molecule has 0 spiro atoms. The Bertz CT molecular complexity index is 762. The standard InChI is InChI=1S/C18H13N3O2/c22-18(16-7-4-10-20-13-16)23-21-17(14-5-2-1-3-6-14)15-8-11-19-12-9-15/h1-13H. The molecule has 3 aromatic rings. The maximum atomic E-state index is 12.0. The molecule has 3 rings (SSSR count). The molecule has 0 saturated heterocycles. The van der Waals surface area contributed by atoms with Gasteiger partial charge < -0.3 is 4.84 Å². The third-order valence-corrected chi connectivity index (χ3v) is 3.12. The molecule has 0 amide bonds. The summed E-state index contributed by atoms with van der Waals surface area (Å²) in [6.07, 6.45) is 6.35. The zero-order chi connectivity index (χ0) is 15.9. The van der Waals surface area contributed by atoms with Crippen molar-refractivity contribution >= 4 is 11.7 Å². The van der Waals surface area contributed by atoms with Gasteiger partial charge in [-0.1, -0.05) is 35.5 Å². The smallest absolute Gasteiger partial charge is 0.312 e. The molecule has 1 aromatic carbocycles. The average molecular weight is 303 g/mol. The van der Waals surface area contributed by atoms with Gasteiger partial charge in [0, 0.05) is 35.9 Å². The van der Waals surface area contributed by atoms with E-state index in [1.165, 1.54) is 6.20 Å². The molecule has 0 saturated carbocycles. The summed E-state index contributed by atoms with van der Waals surface area (Å²) < 4.78 is 0. The minimum atomic E-state index is -0.555. The minimum absolute atomic E-state index is 0.346. The van der Waals surface area contributed by atoms with Gasteiger partial charge in [-0.05, 0) is 24.3 Å². The highest BCUT2D eigenvalue weighted by Crippen LogP contribution is 2.11. The van der Waals surface area contributed by atoms with Crippen molar-refractivity contribution in [1.82, 2.24) is 9.97 Å². The number of hydrogen-bond acceptors (Lipinski definition) is 5. The summed E-state index contributed by atoms with van der Waals surface area (Å²) in [6.45, 7) is 0. The number of carbonyl (C=O) groups is 1. The van der Waals surface area contributed by atoms with Crippen molar-refractivity contribution in [2.45, 2.75) is 0 Å². The summed E-state index contributed by atoms with van der Waals surface area (Å²) in [5, 5.41) is 4.05.